The molecule has 0 N–H and O–H groups in total. The van der Waals surface area contributed by atoms with E-state index in [0.717, 1.165) is 5.57 Å². The van der Waals surface area contributed by atoms with Gasteiger partial charge in [-0.05, 0) is 18.6 Å². The highest BCUT2D eigenvalue weighted by Crippen LogP contribution is 2.19. The Morgan fingerprint density at radius 1 is 1.86 bits per heavy atom. The van der Waals surface area contributed by atoms with Crippen LogP contribution in [0.15, 0.2) is 11.6 Å². The molecule has 0 fully saturated rings. The first-order valence-corrected chi connectivity index (χ1v) is 2.51. The molecule has 0 saturated carbocycles. The summed E-state index contributed by atoms with van der Waals surface area (Å²) in [6.45, 7) is 1.85. The van der Waals surface area contributed by atoms with Gasteiger partial charge in [-0.2, -0.15) is 0 Å². The number of alkyl halides is 1. The summed E-state index contributed by atoms with van der Waals surface area (Å²) in [7, 11) is 0. The Hall–Kier alpha value is -0.300. The summed E-state index contributed by atoms with van der Waals surface area (Å²) >= 11 is 5.43. The summed E-state index contributed by atoms with van der Waals surface area (Å²) in [6, 6.07) is 0. The van der Waals surface area contributed by atoms with Crippen molar-refractivity contribution in [1.82, 2.24) is 0 Å². The molecule has 0 aromatic heterocycles. The molecular weight excluding hydrogens is 112 g/mol. The molecular formula is C5H5ClO. The summed E-state index contributed by atoms with van der Waals surface area (Å²) < 4.78 is 0. The molecule has 0 spiro atoms. The number of carbonyl (C=O) groups is 1. The zero-order valence-electron chi connectivity index (χ0n) is 3.94. The van der Waals surface area contributed by atoms with Gasteiger partial charge >= 0.3 is 0 Å². The molecule has 0 saturated heterocycles. The molecule has 1 aliphatic rings. The van der Waals surface area contributed by atoms with Gasteiger partial charge < -0.3 is 0 Å². The first-order chi connectivity index (χ1) is 3.22. The van der Waals surface area contributed by atoms with E-state index in [2.05, 4.69) is 0 Å². The summed E-state index contributed by atoms with van der Waals surface area (Å²) in [5.74, 6) is 0.0409. The molecule has 2 heteroatoms. The van der Waals surface area contributed by atoms with Gasteiger partial charge in [-0.1, -0.05) is 0 Å². The molecule has 1 atom stereocenters. The van der Waals surface area contributed by atoms with Crippen molar-refractivity contribution in [3.8, 4) is 0 Å². The van der Waals surface area contributed by atoms with Gasteiger partial charge in [0, 0.05) is 0 Å². The first kappa shape index (κ1) is 4.85. The van der Waals surface area contributed by atoms with Gasteiger partial charge in [0.2, 0.25) is 0 Å². The van der Waals surface area contributed by atoms with Gasteiger partial charge in [0.15, 0.2) is 5.78 Å². The third-order valence-electron chi connectivity index (χ3n) is 1.02. The van der Waals surface area contributed by atoms with Gasteiger partial charge in [0.1, 0.15) is 5.38 Å². The molecule has 1 unspecified atom stereocenters. The fraction of sp³-hybridized carbons (Fsp3) is 0.400. The highest BCUT2D eigenvalue weighted by atomic mass is 35.5. The normalized spacial score (nSPS) is 29.1. The van der Waals surface area contributed by atoms with Crippen molar-refractivity contribution in [3.05, 3.63) is 11.6 Å². The fourth-order valence-corrected chi connectivity index (χ4v) is 0.625. The van der Waals surface area contributed by atoms with Crippen molar-refractivity contribution in [1.29, 1.82) is 0 Å². The van der Waals surface area contributed by atoms with E-state index in [1.54, 1.807) is 6.08 Å². The van der Waals surface area contributed by atoms with E-state index < -0.39 is 0 Å². The van der Waals surface area contributed by atoms with Crippen molar-refractivity contribution < 1.29 is 4.79 Å². The van der Waals surface area contributed by atoms with Gasteiger partial charge in [-0.3, -0.25) is 4.79 Å². The number of carbonyl (C=O) groups excluding carboxylic acids is 1. The van der Waals surface area contributed by atoms with Crippen molar-refractivity contribution in [2.45, 2.75) is 12.3 Å². The molecule has 1 rings (SSSR count). The minimum Gasteiger partial charge on any atom is -0.293 e. The number of hydrogen-bond donors (Lipinski definition) is 0. The van der Waals surface area contributed by atoms with Crippen LogP contribution in [0.4, 0.5) is 0 Å². The molecule has 0 amide bonds. The molecule has 0 aromatic rings. The minimum atomic E-state index is -0.306. The number of halogens is 1. The molecule has 0 aliphatic heterocycles. The van der Waals surface area contributed by atoms with E-state index in [1.807, 2.05) is 6.92 Å². The maximum Gasteiger partial charge on any atom is 0.177 e. The highest BCUT2D eigenvalue weighted by Gasteiger charge is 2.23. The monoisotopic (exact) mass is 116 g/mol. The second-order valence-electron chi connectivity index (χ2n) is 1.65. The van der Waals surface area contributed by atoms with E-state index in [0.29, 0.717) is 0 Å². The maximum atomic E-state index is 10.2. The Morgan fingerprint density at radius 2 is 2.43 bits per heavy atom. The van der Waals surface area contributed by atoms with E-state index in [-0.39, 0.29) is 11.2 Å². The molecule has 1 nitrogen and oxygen atoms in total. The quantitative estimate of drug-likeness (QED) is 0.434. The lowest BCUT2D eigenvalue weighted by Gasteiger charge is -2.14. The second-order valence-corrected chi connectivity index (χ2v) is 2.09. The van der Waals surface area contributed by atoms with Crippen molar-refractivity contribution in [3.63, 3.8) is 0 Å². The lowest BCUT2D eigenvalue weighted by molar-refractivity contribution is -0.115. The Bertz CT molecular complexity index is 137. The number of ketones is 1. The average Bonchev–Trinajstić information content (AvgIpc) is 1.68. The highest BCUT2D eigenvalue weighted by molar-refractivity contribution is 6.38. The summed E-state index contributed by atoms with van der Waals surface area (Å²) in [4.78, 5) is 10.2. The van der Waals surface area contributed by atoms with Crippen LogP contribution in [0.1, 0.15) is 6.92 Å². The van der Waals surface area contributed by atoms with Crippen LogP contribution in [-0.2, 0) is 4.79 Å². The van der Waals surface area contributed by atoms with Crippen LogP contribution in [0.25, 0.3) is 0 Å². The zero-order chi connectivity index (χ0) is 5.44. The predicted octanol–water partition coefficient (Wildman–Crippen LogP) is 1.12. The minimum absolute atomic E-state index is 0.0409. The van der Waals surface area contributed by atoms with Crippen LogP contribution in [0.2, 0.25) is 0 Å². The SMILES string of the molecule is CC1=CC(=O)C1Cl. The third kappa shape index (κ3) is 0.570. The standard InChI is InChI=1S/C5H5ClO/c1-3-2-4(7)5(3)6/h2,5H,1H3. The van der Waals surface area contributed by atoms with Crippen LogP contribution >= 0.6 is 11.6 Å². The Labute approximate surface area is 47.0 Å². The van der Waals surface area contributed by atoms with Crippen molar-refractivity contribution >= 4 is 17.4 Å². The van der Waals surface area contributed by atoms with Crippen LogP contribution in [-0.4, -0.2) is 11.2 Å². The summed E-state index contributed by atoms with van der Waals surface area (Å²) in [6.07, 6.45) is 1.55. The van der Waals surface area contributed by atoms with Crippen molar-refractivity contribution in [2.75, 3.05) is 0 Å². The largest absolute Gasteiger partial charge is 0.293 e. The smallest absolute Gasteiger partial charge is 0.177 e. The molecule has 7 heavy (non-hydrogen) atoms. The summed E-state index contributed by atoms with van der Waals surface area (Å²) in [5, 5.41) is -0.306. The molecule has 0 aromatic carbocycles. The van der Waals surface area contributed by atoms with Crippen LogP contribution in [0.3, 0.4) is 0 Å². The second kappa shape index (κ2) is 1.34. The molecule has 0 heterocycles. The maximum absolute atomic E-state index is 10.2. The van der Waals surface area contributed by atoms with E-state index in [9.17, 15) is 4.79 Å². The molecule has 1 aliphatic carbocycles. The number of hydrogen-bond acceptors (Lipinski definition) is 1. The van der Waals surface area contributed by atoms with Gasteiger partial charge in [-0.25, -0.2) is 0 Å². The van der Waals surface area contributed by atoms with Gasteiger partial charge in [-0.15, -0.1) is 11.6 Å². The Balaban J connectivity index is 2.75. The zero-order valence-corrected chi connectivity index (χ0v) is 4.70. The predicted molar refractivity (Wildman–Crippen MR) is 28.4 cm³/mol. The van der Waals surface area contributed by atoms with E-state index in [4.69, 9.17) is 11.6 Å². The van der Waals surface area contributed by atoms with E-state index in [1.165, 1.54) is 0 Å². The lowest BCUT2D eigenvalue weighted by atomic mass is 9.99. The first-order valence-electron chi connectivity index (χ1n) is 2.08. The van der Waals surface area contributed by atoms with Gasteiger partial charge in [0.05, 0.1) is 0 Å². The summed E-state index contributed by atoms with van der Waals surface area (Å²) in [5.41, 5.74) is 0.978. The third-order valence-corrected chi connectivity index (χ3v) is 1.58. The van der Waals surface area contributed by atoms with Gasteiger partial charge in [0.25, 0.3) is 0 Å². The van der Waals surface area contributed by atoms with Crippen LogP contribution in [0, 0.1) is 0 Å². The van der Waals surface area contributed by atoms with E-state index >= 15 is 0 Å². The lowest BCUT2D eigenvalue weighted by Crippen LogP contribution is -2.22. The molecule has 0 radical (unpaired) electrons. The average molecular weight is 117 g/mol. The number of rotatable bonds is 0. The molecule has 38 valence electrons. The number of allylic oxidation sites excluding steroid dienone is 2. The topological polar surface area (TPSA) is 17.1 Å². The van der Waals surface area contributed by atoms with Crippen LogP contribution in [0.5, 0.6) is 0 Å². The Kier molecular flexibility index (Phi) is 0.927. The van der Waals surface area contributed by atoms with Crippen molar-refractivity contribution in [2.24, 2.45) is 0 Å². The molecule has 0 bridgehead atoms. The van der Waals surface area contributed by atoms with Crippen LogP contribution < -0.4 is 0 Å². The fourth-order valence-electron chi connectivity index (χ4n) is 0.499. The Morgan fingerprint density at radius 3 is 2.43 bits per heavy atom.